The van der Waals surface area contributed by atoms with Gasteiger partial charge in [0.1, 0.15) is 5.82 Å². The quantitative estimate of drug-likeness (QED) is 0.740. The molecule has 0 aromatic heterocycles. The third kappa shape index (κ3) is 4.81. The normalized spacial score (nSPS) is 16.3. The summed E-state index contributed by atoms with van der Waals surface area (Å²) in [5.74, 6) is -0.605. The fraction of sp³-hybridized carbons (Fsp3) is 0.350. The Labute approximate surface area is 172 Å². The smallest absolute Gasteiger partial charge is 0.253 e. The molecule has 27 heavy (non-hydrogen) atoms. The number of carbonyl (C=O) groups is 1. The second-order valence-corrected chi connectivity index (χ2v) is 8.14. The van der Waals surface area contributed by atoms with Crippen molar-refractivity contribution in [3.8, 4) is 0 Å². The van der Waals surface area contributed by atoms with E-state index in [9.17, 15) is 9.18 Å². The second kappa shape index (κ2) is 8.59. The van der Waals surface area contributed by atoms with Gasteiger partial charge in [-0.3, -0.25) is 4.79 Å². The first-order valence-electron chi connectivity index (χ1n) is 8.84. The molecule has 0 aliphatic carbocycles. The van der Waals surface area contributed by atoms with Crippen LogP contribution in [0.15, 0.2) is 40.9 Å². The van der Waals surface area contributed by atoms with Crippen LogP contribution in [0.1, 0.15) is 28.9 Å². The first-order valence-corrected chi connectivity index (χ1v) is 10.0. The molecule has 1 amide bonds. The summed E-state index contributed by atoms with van der Waals surface area (Å²) in [6.07, 6.45) is 0. The highest BCUT2D eigenvalue weighted by Crippen LogP contribution is 2.29. The first-order chi connectivity index (χ1) is 12.8. The number of hydrogen-bond acceptors (Lipinski definition) is 3. The molecule has 0 bridgehead atoms. The van der Waals surface area contributed by atoms with Crippen LogP contribution in [-0.4, -0.2) is 44.0 Å². The molecular formula is C20H22BrClFN3O. The molecule has 0 radical (unpaired) electrons. The first kappa shape index (κ1) is 20.1. The third-order valence-electron chi connectivity index (χ3n) is 4.82. The molecular weight excluding hydrogens is 433 g/mol. The number of nitrogens with zero attached hydrogens (tertiary/aromatic N) is 2. The van der Waals surface area contributed by atoms with Crippen molar-refractivity contribution in [3.63, 3.8) is 0 Å². The van der Waals surface area contributed by atoms with Crippen molar-refractivity contribution in [2.24, 2.45) is 0 Å². The maximum absolute atomic E-state index is 13.9. The highest BCUT2D eigenvalue weighted by Gasteiger charge is 2.22. The van der Waals surface area contributed by atoms with E-state index in [-0.39, 0.29) is 17.8 Å². The minimum absolute atomic E-state index is 0.289. The molecule has 0 spiro atoms. The fourth-order valence-corrected chi connectivity index (χ4v) is 3.80. The van der Waals surface area contributed by atoms with Gasteiger partial charge in [0.25, 0.3) is 5.91 Å². The molecule has 1 N–H and O–H groups in total. The molecule has 1 heterocycles. The summed E-state index contributed by atoms with van der Waals surface area (Å²) in [5.41, 5.74) is 2.10. The van der Waals surface area contributed by atoms with Gasteiger partial charge in [-0.15, -0.1) is 0 Å². The van der Waals surface area contributed by atoms with Crippen LogP contribution in [0.4, 0.5) is 10.1 Å². The van der Waals surface area contributed by atoms with Crippen molar-refractivity contribution < 1.29 is 9.18 Å². The Kier molecular flexibility index (Phi) is 6.40. The van der Waals surface area contributed by atoms with Gasteiger partial charge in [0.15, 0.2) is 0 Å². The van der Waals surface area contributed by atoms with Gasteiger partial charge in [0.05, 0.1) is 16.6 Å². The lowest BCUT2D eigenvalue weighted by molar-refractivity contribution is 0.0940. The number of rotatable bonds is 4. The topological polar surface area (TPSA) is 35.6 Å². The predicted octanol–water partition coefficient (Wildman–Crippen LogP) is 4.48. The third-order valence-corrected chi connectivity index (χ3v) is 5.64. The number of anilines is 1. The van der Waals surface area contributed by atoms with Crippen LogP contribution in [0.25, 0.3) is 0 Å². The zero-order chi connectivity index (χ0) is 19.6. The number of nitrogens with one attached hydrogen (secondary N) is 1. The van der Waals surface area contributed by atoms with Gasteiger partial charge >= 0.3 is 0 Å². The monoisotopic (exact) mass is 453 g/mol. The van der Waals surface area contributed by atoms with Crippen LogP contribution in [0.5, 0.6) is 0 Å². The summed E-state index contributed by atoms with van der Waals surface area (Å²) in [6.45, 7) is 5.50. The molecule has 0 saturated carbocycles. The lowest BCUT2D eigenvalue weighted by atomic mass is 10.0. The largest absolute Gasteiger partial charge is 0.369 e. The average Bonchev–Trinajstić information content (AvgIpc) is 2.64. The summed E-state index contributed by atoms with van der Waals surface area (Å²) in [7, 11) is 2.09. The fourth-order valence-electron chi connectivity index (χ4n) is 3.23. The minimum atomic E-state index is -0.363. The van der Waals surface area contributed by atoms with Gasteiger partial charge in [-0.25, -0.2) is 4.39 Å². The van der Waals surface area contributed by atoms with E-state index in [1.54, 1.807) is 24.3 Å². The lowest BCUT2D eigenvalue weighted by Gasteiger charge is -2.36. The van der Waals surface area contributed by atoms with E-state index in [0.29, 0.717) is 10.6 Å². The molecule has 7 heteroatoms. The number of hydrogen-bond donors (Lipinski definition) is 1. The van der Waals surface area contributed by atoms with Gasteiger partial charge in [0, 0.05) is 41.9 Å². The van der Waals surface area contributed by atoms with Gasteiger partial charge < -0.3 is 15.1 Å². The lowest BCUT2D eigenvalue weighted by Crippen LogP contribution is -2.45. The zero-order valence-corrected chi connectivity index (χ0v) is 17.6. The van der Waals surface area contributed by atoms with Crippen molar-refractivity contribution in [1.82, 2.24) is 10.2 Å². The Bertz CT molecular complexity index is 840. The number of likely N-dealkylation sites (N-methyl/N-ethyl adjacent to an activating group) is 1. The van der Waals surface area contributed by atoms with Crippen LogP contribution in [0.2, 0.25) is 5.02 Å². The van der Waals surface area contributed by atoms with E-state index in [2.05, 4.69) is 38.1 Å². The Morgan fingerprint density at radius 2 is 1.89 bits per heavy atom. The van der Waals surface area contributed by atoms with E-state index in [0.717, 1.165) is 41.9 Å². The number of benzene rings is 2. The van der Waals surface area contributed by atoms with Crippen molar-refractivity contribution in [3.05, 3.63) is 62.8 Å². The highest BCUT2D eigenvalue weighted by atomic mass is 79.9. The van der Waals surface area contributed by atoms with Gasteiger partial charge in [-0.2, -0.15) is 0 Å². The van der Waals surface area contributed by atoms with E-state index in [4.69, 9.17) is 11.6 Å². The predicted molar refractivity (Wildman–Crippen MR) is 111 cm³/mol. The molecule has 1 atom stereocenters. The van der Waals surface area contributed by atoms with E-state index < -0.39 is 0 Å². The van der Waals surface area contributed by atoms with E-state index >= 15 is 0 Å². The summed E-state index contributed by atoms with van der Waals surface area (Å²) >= 11 is 9.51. The molecule has 1 fully saturated rings. The number of carbonyl (C=O) groups excluding carboxylic acids is 1. The Morgan fingerprint density at radius 1 is 1.19 bits per heavy atom. The van der Waals surface area contributed by atoms with E-state index in [1.165, 1.54) is 12.1 Å². The maximum Gasteiger partial charge on any atom is 0.253 e. The summed E-state index contributed by atoms with van der Waals surface area (Å²) < 4.78 is 14.7. The number of amides is 1. The van der Waals surface area contributed by atoms with Gasteiger partial charge in [-0.05, 0) is 50.4 Å². The van der Waals surface area contributed by atoms with Crippen molar-refractivity contribution >= 4 is 39.1 Å². The molecule has 144 valence electrons. The summed E-state index contributed by atoms with van der Waals surface area (Å²) in [6, 6.07) is 9.53. The van der Waals surface area contributed by atoms with Gasteiger partial charge in [0.2, 0.25) is 0 Å². The molecule has 2 aromatic rings. The number of halogens is 3. The van der Waals surface area contributed by atoms with Gasteiger partial charge in [-0.1, -0.05) is 27.5 Å². The Balaban J connectivity index is 1.83. The molecule has 1 unspecified atom stereocenters. The highest BCUT2D eigenvalue weighted by molar-refractivity contribution is 9.10. The van der Waals surface area contributed by atoms with Crippen LogP contribution in [-0.2, 0) is 0 Å². The van der Waals surface area contributed by atoms with Crippen molar-refractivity contribution in [2.75, 3.05) is 38.1 Å². The molecule has 2 aromatic carbocycles. The Morgan fingerprint density at radius 3 is 2.59 bits per heavy atom. The maximum atomic E-state index is 13.9. The summed E-state index contributed by atoms with van der Waals surface area (Å²) in [5, 5.41) is 3.32. The SMILES string of the molecule is CC(NC(=O)c1cc(Br)ccc1Cl)c1cc(F)ccc1N1CCN(C)CC1. The Hall–Kier alpha value is -1.63. The standard InChI is InChI=1S/C20H22BrClFN3O/c1-13(24-20(27)17-11-14(21)3-5-18(17)22)16-12-15(23)4-6-19(16)26-9-7-25(2)8-10-26/h3-6,11-13H,7-10H2,1-2H3,(H,24,27). The molecule has 3 rings (SSSR count). The average molecular weight is 455 g/mol. The molecule has 1 aliphatic heterocycles. The van der Waals surface area contributed by atoms with E-state index in [1.807, 2.05) is 6.92 Å². The van der Waals surface area contributed by atoms with Crippen molar-refractivity contribution in [2.45, 2.75) is 13.0 Å². The van der Waals surface area contributed by atoms with Crippen LogP contribution < -0.4 is 10.2 Å². The zero-order valence-electron chi connectivity index (χ0n) is 15.3. The van der Waals surface area contributed by atoms with Crippen LogP contribution >= 0.6 is 27.5 Å². The molecule has 4 nitrogen and oxygen atoms in total. The van der Waals surface area contributed by atoms with Crippen molar-refractivity contribution in [1.29, 1.82) is 0 Å². The molecule has 1 aliphatic rings. The second-order valence-electron chi connectivity index (χ2n) is 6.81. The molecule has 1 saturated heterocycles. The van der Waals surface area contributed by atoms with Crippen LogP contribution in [0.3, 0.4) is 0 Å². The summed E-state index contributed by atoms with van der Waals surface area (Å²) in [4.78, 5) is 17.2. The minimum Gasteiger partial charge on any atom is -0.369 e. The number of piperazine rings is 1. The van der Waals surface area contributed by atoms with Crippen LogP contribution in [0, 0.1) is 5.82 Å².